The Hall–Kier alpha value is -2.45. The van der Waals surface area contributed by atoms with E-state index in [0.29, 0.717) is 12.8 Å². The summed E-state index contributed by atoms with van der Waals surface area (Å²) in [5, 5.41) is 13.7. The van der Waals surface area contributed by atoms with Crippen molar-refractivity contribution in [3.8, 4) is 0 Å². The summed E-state index contributed by atoms with van der Waals surface area (Å²) < 4.78 is 11.8. The standard InChI is InChI=1S/C28H40N2O6/c1-7-35-25(34)20-19-13-14-28(36-19)21(20)24(33)30(18(15-31)17-11-9-8-10-12-17)22(28)23(32)29-27(5,6)16-26(2,3)4/h8-12,18-22,31H,7,13-16H2,1-6H3,(H,29,32)/t18-,19-,20+,21+,22?,28?/m1/s1. The molecule has 3 heterocycles. The van der Waals surface area contributed by atoms with E-state index in [-0.39, 0.29) is 30.4 Å². The van der Waals surface area contributed by atoms with Crippen LogP contribution < -0.4 is 5.32 Å². The molecule has 8 nitrogen and oxygen atoms in total. The van der Waals surface area contributed by atoms with Gasteiger partial charge >= 0.3 is 5.97 Å². The number of fused-ring (bicyclic) bond motifs is 1. The lowest BCUT2D eigenvalue weighted by atomic mass is 9.70. The normalized spacial score (nSPS) is 30.3. The van der Waals surface area contributed by atoms with Gasteiger partial charge in [-0.15, -0.1) is 0 Å². The number of benzene rings is 1. The molecule has 3 fully saturated rings. The van der Waals surface area contributed by atoms with E-state index in [2.05, 4.69) is 26.1 Å². The predicted octanol–water partition coefficient (Wildman–Crippen LogP) is 2.99. The molecule has 1 aromatic rings. The first-order chi connectivity index (χ1) is 16.8. The Bertz CT molecular complexity index is 1000. The van der Waals surface area contributed by atoms with Crippen LogP contribution in [-0.2, 0) is 23.9 Å². The zero-order valence-corrected chi connectivity index (χ0v) is 22.2. The predicted molar refractivity (Wildman–Crippen MR) is 134 cm³/mol. The molecule has 1 aromatic carbocycles. The van der Waals surface area contributed by atoms with Crippen molar-refractivity contribution in [3.63, 3.8) is 0 Å². The van der Waals surface area contributed by atoms with Crippen molar-refractivity contribution in [2.45, 2.75) is 90.1 Å². The number of carbonyl (C=O) groups is 3. The van der Waals surface area contributed by atoms with Gasteiger partial charge in [-0.3, -0.25) is 14.4 Å². The Kier molecular flexibility index (Phi) is 6.99. The van der Waals surface area contributed by atoms with Gasteiger partial charge in [0.1, 0.15) is 11.6 Å². The number of esters is 1. The number of nitrogens with zero attached hydrogens (tertiary/aromatic N) is 1. The third kappa shape index (κ3) is 4.54. The Balaban J connectivity index is 1.77. The van der Waals surface area contributed by atoms with Crippen LogP contribution in [0.15, 0.2) is 30.3 Å². The molecular formula is C28H40N2O6. The number of rotatable bonds is 8. The maximum atomic E-state index is 14.1. The Morgan fingerprint density at radius 2 is 1.89 bits per heavy atom. The highest BCUT2D eigenvalue weighted by atomic mass is 16.6. The minimum absolute atomic E-state index is 0.0300. The maximum Gasteiger partial charge on any atom is 0.312 e. The molecule has 0 saturated carbocycles. The van der Waals surface area contributed by atoms with E-state index in [9.17, 15) is 19.5 Å². The molecule has 0 aliphatic carbocycles. The topological polar surface area (TPSA) is 105 Å². The molecule has 3 saturated heterocycles. The molecule has 3 aliphatic heterocycles. The summed E-state index contributed by atoms with van der Waals surface area (Å²) in [6, 6.07) is 7.48. The van der Waals surface area contributed by atoms with E-state index in [1.807, 2.05) is 44.2 Å². The number of nitrogens with one attached hydrogen (secondary N) is 1. The number of ether oxygens (including phenoxy) is 2. The zero-order chi connectivity index (χ0) is 26.5. The second kappa shape index (κ2) is 9.45. The fraction of sp³-hybridized carbons (Fsp3) is 0.679. The lowest BCUT2D eigenvalue weighted by molar-refractivity contribution is -0.155. The van der Waals surface area contributed by atoms with E-state index in [1.165, 1.54) is 4.90 Å². The summed E-state index contributed by atoms with van der Waals surface area (Å²) in [6.07, 6.45) is 1.33. The SMILES string of the molecule is CCOC(=O)[C@@H]1[C@H]2C(=O)N([C@H](CO)c3ccccc3)C(C(=O)NC(C)(C)CC(C)(C)C)C23CC[C@H]1O3. The fourth-order valence-electron chi connectivity index (χ4n) is 7.03. The van der Waals surface area contributed by atoms with Gasteiger partial charge in [0.15, 0.2) is 0 Å². The van der Waals surface area contributed by atoms with Gasteiger partial charge in [-0.05, 0) is 51.0 Å². The lowest BCUT2D eigenvalue weighted by Gasteiger charge is -2.40. The second-order valence-electron chi connectivity index (χ2n) is 12.3. The summed E-state index contributed by atoms with van der Waals surface area (Å²) in [5.41, 5.74) is -0.989. The molecule has 36 heavy (non-hydrogen) atoms. The molecule has 6 atom stereocenters. The highest BCUT2D eigenvalue weighted by Gasteiger charge is 2.75. The van der Waals surface area contributed by atoms with Crippen LogP contribution in [0.2, 0.25) is 0 Å². The average molecular weight is 501 g/mol. The molecule has 4 rings (SSSR count). The largest absolute Gasteiger partial charge is 0.466 e. The molecule has 2 bridgehead atoms. The first-order valence-electron chi connectivity index (χ1n) is 13.0. The lowest BCUT2D eigenvalue weighted by Crippen LogP contribution is -2.60. The molecule has 198 valence electrons. The van der Waals surface area contributed by atoms with Crippen molar-refractivity contribution < 1.29 is 29.0 Å². The summed E-state index contributed by atoms with van der Waals surface area (Å²) in [6.45, 7) is 11.9. The Labute approximate surface area is 213 Å². The van der Waals surface area contributed by atoms with Crippen LogP contribution in [0.3, 0.4) is 0 Å². The Morgan fingerprint density at radius 3 is 2.47 bits per heavy atom. The van der Waals surface area contributed by atoms with Gasteiger partial charge in [-0.25, -0.2) is 0 Å². The van der Waals surface area contributed by atoms with Crippen molar-refractivity contribution in [2.24, 2.45) is 17.3 Å². The number of carbonyl (C=O) groups excluding carboxylic acids is 3. The number of aliphatic hydroxyl groups excluding tert-OH is 1. The van der Waals surface area contributed by atoms with Gasteiger partial charge in [0.25, 0.3) is 0 Å². The number of hydrogen-bond acceptors (Lipinski definition) is 6. The molecular weight excluding hydrogens is 460 g/mol. The van der Waals surface area contributed by atoms with Gasteiger partial charge in [-0.1, -0.05) is 51.1 Å². The summed E-state index contributed by atoms with van der Waals surface area (Å²) in [7, 11) is 0. The van der Waals surface area contributed by atoms with Gasteiger partial charge in [-0.2, -0.15) is 0 Å². The van der Waals surface area contributed by atoms with Gasteiger partial charge in [0.2, 0.25) is 11.8 Å². The summed E-state index contributed by atoms with van der Waals surface area (Å²) in [4.78, 5) is 42.7. The number of likely N-dealkylation sites (tertiary alicyclic amines) is 1. The van der Waals surface area contributed by atoms with Crippen LogP contribution in [0.4, 0.5) is 0 Å². The molecule has 1 spiro atoms. The maximum absolute atomic E-state index is 14.1. The van der Waals surface area contributed by atoms with Crippen molar-refractivity contribution in [1.82, 2.24) is 10.2 Å². The van der Waals surface area contributed by atoms with Crippen molar-refractivity contribution in [2.75, 3.05) is 13.2 Å². The molecule has 8 heteroatoms. The fourth-order valence-corrected chi connectivity index (χ4v) is 7.03. The molecule has 0 aromatic heterocycles. The van der Waals surface area contributed by atoms with Crippen molar-refractivity contribution >= 4 is 17.8 Å². The number of hydrogen-bond donors (Lipinski definition) is 2. The second-order valence-corrected chi connectivity index (χ2v) is 12.3. The monoisotopic (exact) mass is 500 g/mol. The molecule has 2 amide bonds. The Morgan fingerprint density at radius 1 is 1.22 bits per heavy atom. The molecule has 2 N–H and O–H groups in total. The molecule has 2 unspecified atom stereocenters. The van der Waals surface area contributed by atoms with Crippen molar-refractivity contribution in [3.05, 3.63) is 35.9 Å². The van der Waals surface area contributed by atoms with Crippen LogP contribution in [-0.4, -0.2) is 64.3 Å². The third-order valence-electron chi connectivity index (χ3n) is 7.67. The van der Waals surface area contributed by atoms with Gasteiger partial charge < -0.3 is 24.8 Å². The minimum Gasteiger partial charge on any atom is -0.466 e. The quantitative estimate of drug-likeness (QED) is 0.532. The average Bonchev–Trinajstić information content (AvgIpc) is 3.41. The van der Waals surface area contributed by atoms with E-state index >= 15 is 0 Å². The van der Waals surface area contributed by atoms with Crippen LogP contribution >= 0.6 is 0 Å². The summed E-state index contributed by atoms with van der Waals surface area (Å²) in [5.74, 6) is -2.71. The highest BCUT2D eigenvalue weighted by Crippen LogP contribution is 2.59. The molecule has 3 aliphatic rings. The summed E-state index contributed by atoms with van der Waals surface area (Å²) >= 11 is 0. The van der Waals surface area contributed by atoms with E-state index in [4.69, 9.17) is 9.47 Å². The zero-order valence-electron chi connectivity index (χ0n) is 22.2. The highest BCUT2D eigenvalue weighted by molar-refractivity contribution is 5.98. The van der Waals surface area contributed by atoms with Crippen LogP contribution in [0, 0.1) is 17.3 Å². The van der Waals surface area contributed by atoms with E-state index in [0.717, 1.165) is 12.0 Å². The minimum atomic E-state index is -1.14. The van der Waals surface area contributed by atoms with Crippen molar-refractivity contribution in [1.29, 1.82) is 0 Å². The first-order valence-corrected chi connectivity index (χ1v) is 13.0. The number of amides is 2. The third-order valence-corrected chi connectivity index (χ3v) is 7.67. The smallest absolute Gasteiger partial charge is 0.312 e. The van der Waals surface area contributed by atoms with Gasteiger partial charge in [0, 0.05) is 5.54 Å². The van der Waals surface area contributed by atoms with Gasteiger partial charge in [0.05, 0.1) is 37.2 Å². The van der Waals surface area contributed by atoms with E-state index < -0.39 is 47.1 Å². The van der Waals surface area contributed by atoms with E-state index in [1.54, 1.807) is 6.92 Å². The molecule has 0 radical (unpaired) electrons. The number of aliphatic hydroxyl groups is 1. The van der Waals surface area contributed by atoms with Crippen LogP contribution in [0.1, 0.15) is 72.4 Å². The van der Waals surface area contributed by atoms with Crippen LogP contribution in [0.5, 0.6) is 0 Å². The first kappa shape index (κ1) is 26.6. The van der Waals surface area contributed by atoms with Crippen LogP contribution in [0.25, 0.3) is 0 Å².